The molecule has 19 heavy (non-hydrogen) atoms. The smallest absolute Gasteiger partial charge is 0.0703 e. The molecule has 1 aliphatic rings. The van der Waals surface area contributed by atoms with Gasteiger partial charge in [0.1, 0.15) is 0 Å². The summed E-state index contributed by atoms with van der Waals surface area (Å²) in [7, 11) is 0. The summed E-state index contributed by atoms with van der Waals surface area (Å²) in [6.45, 7) is 4.04. The largest absolute Gasteiger partial charge is 0.315 e. The van der Waals surface area contributed by atoms with Crippen molar-refractivity contribution in [3.63, 3.8) is 0 Å². The Morgan fingerprint density at radius 2 is 1.79 bits per heavy atom. The van der Waals surface area contributed by atoms with E-state index >= 15 is 0 Å². The molecule has 0 saturated heterocycles. The lowest BCUT2D eigenvalue weighted by Gasteiger charge is -2.35. The van der Waals surface area contributed by atoms with Gasteiger partial charge < -0.3 is 5.32 Å². The molecule has 1 N–H and O–H groups in total. The molecule has 0 bridgehead atoms. The van der Waals surface area contributed by atoms with Crippen molar-refractivity contribution in [2.45, 2.75) is 45.4 Å². The molecule has 102 valence electrons. The van der Waals surface area contributed by atoms with Crippen molar-refractivity contribution in [1.82, 2.24) is 5.32 Å². The molecule has 1 aromatic carbocycles. The number of nitriles is 1. The average Bonchev–Trinajstić information content (AvgIpc) is 2.39. The first-order valence-corrected chi connectivity index (χ1v) is 7.48. The molecule has 0 aliphatic heterocycles. The normalized spacial score (nSPS) is 16.6. The zero-order valence-electron chi connectivity index (χ0n) is 11.9. The van der Waals surface area contributed by atoms with Crippen LogP contribution in [0.1, 0.15) is 43.7 Å². The fraction of sp³-hybridized carbons (Fsp3) is 0.588. The van der Waals surface area contributed by atoms with E-state index in [2.05, 4.69) is 42.6 Å². The molecular weight excluding hydrogens is 232 g/mol. The van der Waals surface area contributed by atoms with Gasteiger partial charge in [0.15, 0.2) is 0 Å². The number of rotatable bonds is 7. The molecule has 0 unspecified atom stereocenters. The number of benzene rings is 1. The van der Waals surface area contributed by atoms with Crippen molar-refractivity contribution in [2.75, 3.05) is 13.1 Å². The Morgan fingerprint density at radius 3 is 2.26 bits per heavy atom. The maximum absolute atomic E-state index is 9.14. The first kappa shape index (κ1) is 14.1. The Kier molecular flexibility index (Phi) is 4.99. The highest BCUT2D eigenvalue weighted by atomic mass is 14.9. The summed E-state index contributed by atoms with van der Waals surface area (Å²) in [6.07, 6.45) is 6.78. The van der Waals surface area contributed by atoms with Gasteiger partial charge >= 0.3 is 0 Å². The Labute approximate surface area is 116 Å². The van der Waals surface area contributed by atoms with Crippen molar-refractivity contribution in [3.8, 4) is 6.07 Å². The van der Waals surface area contributed by atoms with Gasteiger partial charge in [-0.05, 0) is 43.4 Å². The molecule has 1 aromatic rings. The second-order valence-electron chi connectivity index (χ2n) is 5.74. The van der Waals surface area contributed by atoms with Crippen LogP contribution in [0.25, 0.3) is 0 Å². The summed E-state index contributed by atoms with van der Waals surface area (Å²) in [5.41, 5.74) is 2.76. The zero-order chi connectivity index (χ0) is 13.6. The summed E-state index contributed by atoms with van der Waals surface area (Å²) in [5, 5.41) is 12.6. The van der Waals surface area contributed by atoms with E-state index in [1.807, 2.05) is 0 Å². The third-order valence-corrected chi connectivity index (χ3v) is 4.16. The minimum Gasteiger partial charge on any atom is -0.315 e. The Hall–Kier alpha value is -1.33. The fourth-order valence-electron chi connectivity index (χ4n) is 2.65. The topological polar surface area (TPSA) is 35.8 Å². The van der Waals surface area contributed by atoms with Crippen LogP contribution in [0, 0.1) is 16.7 Å². The van der Waals surface area contributed by atoms with Gasteiger partial charge in [-0.1, -0.05) is 44.0 Å². The summed E-state index contributed by atoms with van der Waals surface area (Å²) in [4.78, 5) is 0. The lowest BCUT2D eigenvalue weighted by atomic mass is 9.70. The van der Waals surface area contributed by atoms with Crippen molar-refractivity contribution in [3.05, 3.63) is 35.4 Å². The van der Waals surface area contributed by atoms with Crippen LogP contribution in [0.15, 0.2) is 24.3 Å². The lowest BCUT2D eigenvalue weighted by molar-refractivity contribution is 0.208. The Bertz CT molecular complexity index is 424. The van der Waals surface area contributed by atoms with E-state index in [0.717, 1.165) is 32.4 Å². The van der Waals surface area contributed by atoms with Crippen LogP contribution in [0.5, 0.6) is 0 Å². The van der Waals surface area contributed by atoms with Crippen LogP contribution >= 0.6 is 0 Å². The van der Waals surface area contributed by atoms with Gasteiger partial charge in [-0.2, -0.15) is 5.26 Å². The third kappa shape index (κ3) is 3.81. The van der Waals surface area contributed by atoms with Crippen LogP contribution in [-0.2, 0) is 12.8 Å². The summed E-state index contributed by atoms with van der Waals surface area (Å²) in [6, 6.07) is 11.4. The molecule has 0 heterocycles. The summed E-state index contributed by atoms with van der Waals surface area (Å²) in [5.74, 6) is 0. The highest BCUT2D eigenvalue weighted by molar-refractivity contribution is 5.22. The van der Waals surface area contributed by atoms with Gasteiger partial charge in [-0.3, -0.25) is 0 Å². The molecule has 1 saturated carbocycles. The zero-order valence-corrected chi connectivity index (χ0v) is 11.9. The summed E-state index contributed by atoms with van der Waals surface area (Å²) < 4.78 is 0. The predicted octanol–water partition coefficient (Wildman–Crippen LogP) is 3.47. The predicted molar refractivity (Wildman–Crippen MR) is 78.9 cm³/mol. The van der Waals surface area contributed by atoms with Crippen molar-refractivity contribution in [1.29, 1.82) is 5.26 Å². The molecule has 0 amide bonds. The molecule has 0 atom stereocenters. The highest BCUT2D eigenvalue weighted by Crippen LogP contribution is 2.39. The third-order valence-electron chi connectivity index (χ3n) is 4.16. The molecule has 2 rings (SSSR count). The minimum absolute atomic E-state index is 0.0506. The Balaban J connectivity index is 1.69. The van der Waals surface area contributed by atoms with E-state index in [4.69, 9.17) is 5.26 Å². The summed E-state index contributed by atoms with van der Waals surface area (Å²) >= 11 is 0. The second kappa shape index (κ2) is 6.73. The van der Waals surface area contributed by atoms with Crippen LogP contribution in [-0.4, -0.2) is 13.1 Å². The maximum Gasteiger partial charge on any atom is 0.0703 e. The van der Waals surface area contributed by atoms with Gasteiger partial charge in [0.2, 0.25) is 0 Å². The molecule has 0 aromatic heterocycles. The van der Waals surface area contributed by atoms with Gasteiger partial charge in [0.05, 0.1) is 11.5 Å². The number of aryl methyl sites for hydroxylation is 1. The number of hydrogen-bond donors (Lipinski definition) is 1. The van der Waals surface area contributed by atoms with E-state index < -0.39 is 0 Å². The molecular formula is C17H24N2. The molecule has 2 heteroatoms. The van der Waals surface area contributed by atoms with Gasteiger partial charge in [0.25, 0.3) is 0 Å². The SMILES string of the molecule is CCCc1ccc(CCNCC2(C#N)CCC2)cc1. The van der Waals surface area contributed by atoms with E-state index in [1.165, 1.54) is 30.4 Å². The molecule has 0 spiro atoms. The highest BCUT2D eigenvalue weighted by Gasteiger charge is 2.36. The molecule has 1 fully saturated rings. The maximum atomic E-state index is 9.14. The van der Waals surface area contributed by atoms with E-state index in [1.54, 1.807) is 0 Å². The quantitative estimate of drug-likeness (QED) is 0.758. The van der Waals surface area contributed by atoms with Gasteiger partial charge in [0, 0.05) is 6.54 Å². The first-order valence-electron chi connectivity index (χ1n) is 7.48. The van der Waals surface area contributed by atoms with Crippen molar-refractivity contribution >= 4 is 0 Å². The van der Waals surface area contributed by atoms with Crippen molar-refractivity contribution < 1.29 is 0 Å². The number of hydrogen-bond acceptors (Lipinski definition) is 2. The monoisotopic (exact) mass is 256 g/mol. The minimum atomic E-state index is -0.0506. The standard InChI is InChI=1S/C17H24N2/c1-2-4-15-5-7-16(8-6-15)9-12-19-14-17(13-18)10-3-11-17/h5-8,19H,2-4,9-12,14H2,1H3. The fourth-order valence-corrected chi connectivity index (χ4v) is 2.65. The van der Waals surface area contributed by atoms with E-state index in [9.17, 15) is 0 Å². The lowest BCUT2D eigenvalue weighted by Crippen LogP contribution is -2.39. The van der Waals surface area contributed by atoms with Crippen LogP contribution in [0.3, 0.4) is 0 Å². The molecule has 2 nitrogen and oxygen atoms in total. The van der Waals surface area contributed by atoms with Gasteiger partial charge in [-0.15, -0.1) is 0 Å². The second-order valence-corrected chi connectivity index (χ2v) is 5.74. The van der Waals surface area contributed by atoms with Crippen LogP contribution < -0.4 is 5.32 Å². The average molecular weight is 256 g/mol. The number of nitrogens with one attached hydrogen (secondary N) is 1. The van der Waals surface area contributed by atoms with Gasteiger partial charge in [-0.25, -0.2) is 0 Å². The van der Waals surface area contributed by atoms with Crippen LogP contribution in [0.2, 0.25) is 0 Å². The molecule has 1 aliphatic carbocycles. The first-order chi connectivity index (χ1) is 9.28. The van der Waals surface area contributed by atoms with Crippen molar-refractivity contribution in [2.24, 2.45) is 5.41 Å². The molecule has 0 radical (unpaired) electrons. The van der Waals surface area contributed by atoms with Crippen LogP contribution in [0.4, 0.5) is 0 Å². The number of nitrogens with zero attached hydrogens (tertiary/aromatic N) is 1. The van der Waals surface area contributed by atoms with E-state index in [0.29, 0.717) is 0 Å². The van der Waals surface area contributed by atoms with E-state index in [-0.39, 0.29) is 5.41 Å². The Morgan fingerprint density at radius 1 is 1.16 bits per heavy atom.